The van der Waals surface area contributed by atoms with Crippen LogP contribution < -0.4 is 4.74 Å². The highest BCUT2D eigenvalue weighted by Crippen LogP contribution is 2.26. The van der Waals surface area contributed by atoms with E-state index in [0.29, 0.717) is 0 Å². The third kappa shape index (κ3) is 2.57. The van der Waals surface area contributed by atoms with Gasteiger partial charge in [-0.2, -0.15) is 0 Å². The topological polar surface area (TPSA) is 37.9 Å². The SMILES string of the molecule is COc1ccc(-c2ccc(-c3nc4ccccc4[nH]3)cc2)cc1. The van der Waals surface area contributed by atoms with Crippen LogP contribution in [-0.4, -0.2) is 17.1 Å². The van der Waals surface area contributed by atoms with Crippen LogP contribution in [0.5, 0.6) is 5.75 Å². The highest BCUT2D eigenvalue weighted by molar-refractivity contribution is 5.79. The number of nitrogens with zero attached hydrogens (tertiary/aromatic N) is 1. The fourth-order valence-electron chi connectivity index (χ4n) is 2.69. The molecule has 1 N–H and O–H groups in total. The molecule has 4 rings (SSSR count). The minimum absolute atomic E-state index is 0.868. The number of imidazole rings is 1. The maximum Gasteiger partial charge on any atom is 0.138 e. The standard InChI is InChI=1S/C20H16N2O/c1-23-17-12-10-15(11-13-17)14-6-8-16(9-7-14)20-21-18-4-2-3-5-19(18)22-20/h2-13H,1H3,(H,21,22). The molecule has 3 aromatic carbocycles. The molecule has 3 nitrogen and oxygen atoms in total. The minimum atomic E-state index is 0.868. The quantitative estimate of drug-likeness (QED) is 0.584. The number of hydrogen-bond donors (Lipinski definition) is 1. The van der Waals surface area contributed by atoms with Crippen LogP contribution in [0.2, 0.25) is 0 Å². The summed E-state index contributed by atoms with van der Waals surface area (Å²) >= 11 is 0. The third-order valence-electron chi connectivity index (χ3n) is 3.97. The maximum absolute atomic E-state index is 5.20. The van der Waals surface area contributed by atoms with Crippen LogP contribution in [0.25, 0.3) is 33.5 Å². The van der Waals surface area contributed by atoms with Gasteiger partial charge in [-0.3, -0.25) is 0 Å². The number of para-hydroxylation sites is 2. The zero-order valence-corrected chi connectivity index (χ0v) is 12.8. The Morgan fingerprint density at radius 1 is 0.739 bits per heavy atom. The lowest BCUT2D eigenvalue weighted by atomic mass is 10.0. The summed E-state index contributed by atoms with van der Waals surface area (Å²) in [7, 11) is 1.68. The summed E-state index contributed by atoms with van der Waals surface area (Å²) in [5, 5.41) is 0. The maximum atomic E-state index is 5.20. The van der Waals surface area contributed by atoms with Crippen LogP contribution in [0, 0.1) is 0 Å². The van der Waals surface area contributed by atoms with E-state index in [1.165, 1.54) is 11.1 Å². The van der Waals surface area contributed by atoms with Crippen LogP contribution in [0.1, 0.15) is 0 Å². The van der Waals surface area contributed by atoms with Crippen molar-refractivity contribution < 1.29 is 4.74 Å². The molecule has 112 valence electrons. The number of rotatable bonds is 3. The number of aromatic nitrogens is 2. The van der Waals surface area contributed by atoms with E-state index in [0.717, 1.165) is 28.2 Å². The first-order valence-corrected chi connectivity index (χ1v) is 7.53. The van der Waals surface area contributed by atoms with Crippen molar-refractivity contribution in [2.75, 3.05) is 7.11 Å². The van der Waals surface area contributed by atoms with Gasteiger partial charge in [-0.1, -0.05) is 48.5 Å². The fraction of sp³-hybridized carbons (Fsp3) is 0.0500. The van der Waals surface area contributed by atoms with Crippen molar-refractivity contribution in [3.05, 3.63) is 72.8 Å². The van der Waals surface area contributed by atoms with Gasteiger partial charge < -0.3 is 9.72 Å². The second-order valence-electron chi connectivity index (χ2n) is 5.41. The Labute approximate surface area is 134 Å². The number of methoxy groups -OCH3 is 1. The second-order valence-corrected chi connectivity index (χ2v) is 5.41. The molecule has 0 saturated heterocycles. The molecule has 0 atom stereocenters. The monoisotopic (exact) mass is 300 g/mol. The lowest BCUT2D eigenvalue weighted by Crippen LogP contribution is -1.84. The van der Waals surface area contributed by atoms with Gasteiger partial charge in [0.25, 0.3) is 0 Å². The number of benzene rings is 3. The highest BCUT2D eigenvalue weighted by atomic mass is 16.5. The molecule has 3 heteroatoms. The first-order valence-electron chi connectivity index (χ1n) is 7.53. The first-order chi connectivity index (χ1) is 11.3. The summed E-state index contributed by atoms with van der Waals surface area (Å²) in [5.74, 6) is 1.76. The van der Waals surface area contributed by atoms with Crippen LogP contribution in [0.4, 0.5) is 0 Å². The Kier molecular flexibility index (Phi) is 3.31. The number of aromatic amines is 1. The molecule has 0 fully saturated rings. The minimum Gasteiger partial charge on any atom is -0.497 e. The lowest BCUT2D eigenvalue weighted by Gasteiger charge is -2.04. The summed E-state index contributed by atoms with van der Waals surface area (Å²) in [6.45, 7) is 0. The van der Waals surface area contributed by atoms with E-state index in [4.69, 9.17) is 4.74 Å². The molecule has 4 aromatic rings. The zero-order valence-electron chi connectivity index (χ0n) is 12.8. The smallest absolute Gasteiger partial charge is 0.138 e. The van der Waals surface area contributed by atoms with Gasteiger partial charge in [0.2, 0.25) is 0 Å². The molecule has 0 aliphatic heterocycles. The summed E-state index contributed by atoms with van der Waals surface area (Å²) < 4.78 is 5.20. The molecule has 0 unspecified atom stereocenters. The number of H-pyrrole nitrogens is 1. The number of fused-ring (bicyclic) bond motifs is 1. The van der Waals surface area contributed by atoms with Gasteiger partial charge in [-0.25, -0.2) is 4.98 Å². The highest BCUT2D eigenvalue weighted by Gasteiger charge is 2.05. The van der Waals surface area contributed by atoms with Gasteiger partial charge in [-0.05, 0) is 35.4 Å². The zero-order chi connectivity index (χ0) is 15.6. The molecule has 0 bridgehead atoms. The van der Waals surface area contributed by atoms with Gasteiger partial charge in [0.1, 0.15) is 11.6 Å². The summed E-state index contributed by atoms with van der Waals surface area (Å²) in [5.41, 5.74) is 5.47. The Morgan fingerprint density at radius 3 is 2.00 bits per heavy atom. The molecule has 23 heavy (non-hydrogen) atoms. The predicted molar refractivity (Wildman–Crippen MR) is 93.5 cm³/mol. The molecule has 0 spiro atoms. The molecular weight excluding hydrogens is 284 g/mol. The summed E-state index contributed by atoms with van der Waals surface area (Å²) in [6.07, 6.45) is 0. The van der Waals surface area contributed by atoms with Gasteiger partial charge >= 0.3 is 0 Å². The van der Waals surface area contributed by atoms with Crippen molar-refractivity contribution >= 4 is 11.0 Å². The molecule has 0 aliphatic carbocycles. The Balaban J connectivity index is 1.66. The van der Waals surface area contributed by atoms with E-state index in [-0.39, 0.29) is 0 Å². The number of hydrogen-bond acceptors (Lipinski definition) is 2. The van der Waals surface area contributed by atoms with E-state index >= 15 is 0 Å². The van der Waals surface area contributed by atoms with Crippen molar-refractivity contribution in [2.24, 2.45) is 0 Å². The summed E-state index contributed by atoms with van der Waals surface area (Å²) in [4.78, 5) is 7.99. The largest absolute Gasteiger partial charge is 0.497 e. The molecule has 1 aromatic heterocycles. The molecule has 0 amide bonds. The van der Waals surface area contributed by atoms with Gasteiger partial charge in [0.05, 0.1) is 18.1 Å². The fourth-order valence-corrected chi connectivity index (χ4v) is 2.69. The average Bonchev–Trinajstić information content (AvgIpc) is 3.06. The van der Waals surface area contributed by atoms with Gasteiger partial charge in [-0.15, -0.1) is 0 Å². The van der Waals surface area contributed by atoms with Crippen molar-refractivity contribution in [1.82, 2.24) is 9.97 Å². The molecular formula is C20H16N2O. The molecule has 0 aliphatic rings. The Hall–Kier alpha value is -3.07. The number of ether oxygens (including phenoxy) is 1. The number of nitrogens with one attached hydrogen (secondary N) is 1. The Morgan fingerprint density at radius 2 is 1.35 bits per heavy atom. The first kappa shape index (κ1) is 13.6. The lowest BCUT2D eigenvalue weighted by molar-refractivity contribution is 0.415. The van der Waals surface area contributed by atoms with E-state index in [2.05, 4.69) is 46.4 Å². The van der Waals surface area contributed by atoms with Crippen molar-refractivity contribution in [3.8, 4) is 28.3 Å². The van der Waals surface area contributed by atoms with Crippen LogP contribution in [-0.2, 0) is 0 Å². The van der Waals surface area contributed by atoms with Crippen molar-refractivity contribution in [3.63, 3.8) is 0 Å². The van der Waals surface area contributed by atoms with E-state index in [9.17, 15) is 0 Å². The molecule has 0 saturated carbocycles. The van der Waals surface area contributed by atoms with E-state index < -0.39 is 0 Å². The van der Waals surface area contributed by atoms with Crippen LogP contribution in [0.15, 0.2) is 72.8 Å². The average molecular weight is 300 g/mol. The second kappa shape index (κ2) is 5.61. The van der Waals surface area contributed by atoms with Crippen LogP contribution >= 0.6 is 0 Å². The third-order valence-corrected chi connectivity index (χ3v) is 3.97. The van der Waals surface area contributed by atoms with Crippen LogP contribution in [0.3, 0.4) is 0 Å². The molecule has 0 radical (unpaired) electrons. The normalized spacial score (nSPS) is 10.8. The van der Waals surface area contributed by atoms with E-state index in [1.807, 2.05) is 36.4 Å². The summed E-state index contributed by atoms with van der Waals surface area (Å²) in [6, 6.07) is 24.6. The van der Waals surface area contributed by atoms with E-state index in [1.54, 1.807) is 7.11 Å². The Bertz CT molecular complexity index is 904. The predicted octanol–water partition coefficient (Wildman–Crippen LogP) is 4.91. The molecule has 1 heterocycles. The van der Waals surface area contributed by atoms with Gasteiger partial charge in [0, 0.05) is 5.56 Å². The van der Waals surface area contributed by atoms with Gasteiger partial charge in [0.15, 0.2) is 0 Å². The van der Waals surface area contributed by atoms with Crippen molar-refractivity contribution in [1.29, 1.82) is 0 Å². The van der Waals surface area contributed by atoms with Crippen molar-refractivity contribution in [2.45, 2.75) is 0 Å².